The maximum atomic E-state index is 13.1. The Bertz CT molecular complexity index is 382. The zero-order chi connectivity index (χ0) is 11.0. The lowest BCUT2D eigenvalue weighted by Gasteiger charge is -2.36. The van der Waals surface area contributed by atoms with Crippen molar-refractivity contribution in [1.82, 2.24) is 10.3 Å². The molecule has 0 radical (unpaired) electrons. The number of hydrogen-bond acceptors (Lipinski definition) is 3. The summed E-state index contributed by atoms with van der Waals surface area (Å²) in [5.74, 6) is 0.473. The van der Waals surface area contributed by atoms with Gasteiger partial charge in [0, 0.05) is 25.2 Å². The number of nitrogens with one attached hydrogen (secondary N) is 1. The van der Waals surface area contributed by atoms with Gasteiger partial charge in [0.05, 0.1) is 18.1 Å². The zero-order valence-electron chi connectivity index (χ0n) is 9.19. The number of piperidine rings is 1. The maximum Gasteiger partial charge on any atom is 0.143 e. The molecule has 4 heteroatoms. The Morgan fingerprint density at radius 2 is 2.31 bits per heavy atom. The van der Waals surface area contributed by atoms with Crippen molar-refractivity contribution in [2.75, 3.05) is 24.5 Å². The molecule has 3 rings (SSSR count). The van der Waals surface area contributed by atoms with Gasteiger partial charge in [-0.3, -0.25) is 4.98 Å². The van der Waals surface area contributed by atoms with Crippen molar-refractivity contribution >= 4 is 5.69 Å². The van der Waals surface area contributed by atoms with E-state index in [-0.39, 0.29) is 5.82 Å². The number of halogens is 1. The largest absolute Gasteiger partial charge is 0.370 e. The Morgan fingerprint density at radius 3 is 3.19 bits per heavy atom. The van der Waals surface area contributed by atoms with Gasteiger partial charge in [-0.1, -0.05) is 0 Å². The van der Waals surface area contributed by atoms with Crippen molar-refractivity contribution in [3.63, 3.8) is 0 Å². The fourth-order valence-electron chi connectivity index (χ4n) is 2.86. The summed E-state index contributed by atoms with van der Waals surface area (Å²) in [5, 5.41) is 3.53. The number of rotatable bonds is 1. The number of hydrogen-bond donors (Lipinski definition) is 1. The molecule has 2 aliphatic rings. The minimum Gasteiger partial charge on any atom is -0.370 e. The minimum absolute atomic E-state index is 0.246. The molecule has 1 aromatic rings. The summed E-state index contributed by atoms with van der Waals surface area (Å²) in [4.78, 5) is 6.17. The standard InChI is InChI=1S/C12H16FN3/c13-10-5-11(7-14-6-10)16-4-2-12-9(8-16)1-3-15-12/h5-7,9,12,15H,1-4,8H2. The van der Waals surface area contributed by atoms with E-state index >= 15 is 0 Å². The SMILES string of the molecule is Fc1cncc(N2CCC3NCCC3C2)c1. The Hall–Kier alpha value is -1.16. The van der Waals surface area contributed by atoms with Crippen LogP contribution in [0.25, 0.3) is 0 Å². The molecule has 2 saturated heterocycles. The van der Waals surface area contributed by atoms with Gasteiger partial charge in [-0.15, -0.1) is 0 Å². The molecular formula is C12H16FN3. The van der Waals surface area contributed by atoms with Gasteiger partial charge in [-0.2, -0.15) is 0 Å². The highest BCUT2D eigenvalue weighted by atomic mass is 19.1. The molecule has 1 aromatic heterocycles. The van der Waals surface area contributed by atoms with Crippen molar-refractivity contribution in [2.24, 2.45) is 5.92 Å². The van der Waals surface area contributed by atoms with E-state index in [0.717, 1.165) is 37.7 Å². The monoisotopic (exact) mass is 221 g/mol. The van der Waals surface area contributed by atoms with E-state index < -0.39 is 0 Å². The second-order valence-electron chi connectivity index (χ2n) is 4.71. The molecule has 1 N–H and O–H groups in total. The normalized spacial score (nSPS) is 29.2. The highest BCUT2D eigenvalue weighted by Crippen LogP contribution is 2.27. The number of fused-ring (bicyclic) bond motifs is 1. The molecule has 2 fully saturated rings. The first-order chi connectivity index (χ1) is 7.83. The first-order valence-corrected chi connectivity index (χ1v) is 5.92. The fourth-order valence-corrected chi connectivity index (χ4v) is 2.86. The van der Waals surface area contributed by atoms with Crippen molar-refractivity contribution in [3.05, 3.63) is 24.3 Å². The van der Waals surface area contributed by atoms with Gasteiger partial charge in [0.15, 0.2) is 0 Å². The molecule has 3 nitrogen and oxygen atoms in total. The zero-order valence-corrected chi connectivity index (χ0v) is 9.19. The van der Waals surface area contributed by atoms with Crippen LogP contribution in [0.15, 0.2) is 18.5 Å². The van der Waals surface area contributed by atoms with E-state index in [9.17, 15) is 4.39 Å². The molecule has 2 atom stereocenters. The second-order valence-corrected chi connectivity index (χ2v) is 4.71. The Labute approximate surface area is 94.7 Å². The molecular weight excluding hydrogens is 205 g/mol. The van der Waals surface area contributed by atoms with E-state index in [1.54, 1.807) is 12.3 Å². The van der Waals surface area contributed by atoms with Gasteiger partial charge in [0.1, 0.15) is 5.82 Å². The molecule has 0 amide bonds. The number of nitrogens with zero attached hydrogens (tertiary/aromatic N) is 2. The maximum absolute atomic E-state index is 13.1. The van der Waals surface area contributed by atoms with Crippen LogP contribution in [0.3, 0.4) is 0 Å². The van der Waals surface area contributed by atoms with Crippen LogP contribution in [0.5, 0.6) is 0 Å². The third kappa shape index (κ3) is 1.78. The Morgan fingerprint density at radius 1 is 1.38 bits per heavy atom. The summed E-state index contributed by atoms with van der Waals surface area (Å²) in [6.07, 6.45) is 5.41. The minimum atomic E-state index is -0.246. The van der Waals surface area contributed by atoms with Crippen LogP contribution < -0.4 is 10.2 Å². The molecule has 0 saturated carbocycles. The molecule has 0 spiro atoms. The molecule has 3 heterocycles. The van der Waals surface area contributed by atoms with Crippen LogP contribution in [0.4, 0.5) is 10.1 Å². The lowest BCUT2D eigenvalue weighted by Crippen LogP contribution is -2.44. The van der Waals surface area contributed by atoms with Crippen molar-refractivity contribution in [1.29, 1.82) is 0 Å². The number of anilines is 1. The average Bonchev–Trinajstić information content (AvgIpc) is 2.75. The van der Waals surface area contributed by atoms with Gasteiger partial charge >= 0.3 is 0 Å². The van der Waals surface area contributed by atoms with Gasteiger partial charge in [0.25, 0.3) is 0 Å². The van der Waals surface area contributed by atoms with E-state index in [1.807, 2.05) is 0 Å². The Kier molecular flexibility index (Phi) is 2.52. The first kappa shape index (κ1) is 10.0. The summed E-state index contributed by atoms with van der Waals surface area (Å²) >= 11 is 0. The molecule has 86 valence electrons. The van der Waals surface area contributed by atoms with Crippen molar-refractivity contribution < 1.29 is 4.39 Å². The molecule has 2 unspecified atom stereocenters. The summed E-state index contributed by atoms with van der Waals surface area (Å²) in [7, 11) is 0. The fraction of sp³-hybridized carbons (Fsp3) is 0.583. The summed E-state index contributed by atoms with van der Waals surface area (Å²) in [6.45, 7) is 3.16. The molecule has 0 bridgehead atoms. The average molecular weight is 221 g/mol. The predicted molar refractivity (Wildman–Crippen MR) is 60.9 cm³/mol. The predicted octanol–water partition coefficient (Wildman–Crippen LogP) is 1.41. The Balaban J connectivity index is 1.76. The molecule has 0 aromatic carbocycles. The van der Waals surface area contributed by atoms with Gasteiger partial charge in [0.2, 0.25) is 0 Å². The first-order valence-electron chi connectivity index (χ1n) is 5.92. The van der Waals surface area contributed by atoms with Crippen molar-refractivity contribution in [3.8, 4) is 0 Å². The van der Waals surface area contributed by atoms with Crippen LogP contribution >= 0.6 is 0 Å². The quantitative estimate of drug-likeness (QED) is 0.777. The lowest BCUT2D eigenvalue weighted by atomic mass is 9.93. The topological polar surface area (TPSA) is 28.2 Å². The van der Waals surface area contributed by atoms with Gasteiger partial charge in [-0.05, 0) is 25.3 Å². The van der Waals surface area contributed by atoms with Crippen LogP contribution in [-0.2, 0) is 0 Å². The smallest absolute Gasteiger partial charge is 0.143 e. The number of pyridine rings is 1. The highest BCUT2D eigenvalue weighted by molar-refractivity contribution is 5.44. The summed E-state index contributed by atoms with van der Waals surface area (Å²) in [6, 6.07) is 2.26. The van der Waals surface area contributed by atoms with Crippen LogP contribution in [0.1, 0.15) is 12.8 Å². The molecule has 0 aliphatic carbocycles. The van der Waals surface area contributed by atoms with E-state index in [1.165, 1.54) is 12.6 Å². The second kappa shape index (κ2) is 4.01. The molecule has 2 aliphatic heterocycles. The third-order valence-corrected chi connectivity index (χ3v) is 3.71. The van der Waals surface area contributed by atoms with Crippen LogP contribution in [0, 0.1) is 11.7 Å². The van der Waals surface area contributed by atoms with E-state index in [4.69, 9.17) is 0 Å². The van der Waals surface area contributed by atoms with E-state index in [0.29, 0.717) is 6.04 Å². The summed E-state index contributed by atoms with van der Waals surface area (Å²) in [5.41, 5.74) is 0.922. The van der Waals surface area contributed by atoms with Gasteiger partial charge in [-0.25, -0.2) is 4.39 Å². The number of aromatic nitrogens is 1. The van der Waals surface area contributed by atoms with Crippen molar-refractivity contribution in [2.45, 2.75) is 18.9 Å². The van der Waals surface area contributed by atoms with Gasteiger partial charge < -0.3 is 10.2 Å². The molecule has 16 heavy (non-hydrogen) atoms. The van der Waals surface area contributed by atoms with E-state index in [2.05, 4.69) is 15.2 Å². The third-order valence-electron chi connectivity index (χ3n) is 3.71. The van der Waals surface area contributed by atoms with Crippen LogP contribution in [0.2, 0.25) is 0 Å². The highest BCUT2D eigenvalue weighted by Gasteiger charge is 2.32. The summed E-state index contributed by atoms with van der Waals surface area (Å²) < 4.78 is 13.1. The van der Waals surface area contributed by atoms with Crippen LogP contribution in [-0.4, -0.2) is 30.7 Å². The lowest BCUT2D eigenvalue weighted by molar-refractivity contribution is 0.376.